The van der Waals surface area contributed by atoms with Crippen molar-refractivity contribution < 1.29 is 14.9 Å². The molecule has 0 aromatic carbocycles. The number of aliphatic hydroxyl groups is 2. The number of fused-ring (bicyclic) bond motifs is 3. The number of aromatic nitrogens is 5. The fourth-order valence-corrected chi connectivity index (χ4v) is 2.74. The third-order valence-electron chi connectivity index (χ3n) is 3.77. The van der Waals surface area contributed by atoms with Gasteiger partial charge in [-0.1, -0.05) is 0 Å². The molecular weight excluding hydrogens is 278 g/mol. The number of nitrogens with zero attached hydrogens (tertiary/aromatic N) is 4. The molecule has 0 bridgehead atoms. The molecule has 1 aliphatic rings. The van der Waals surface area contributed by atoms with Crippen LogP contribution in [0.5, 0.6) is 0 Å². The first-order valence-corrected chi connectivity index (χ1v) is 6.55. The zero-order chi connectivity index (χ0) is 14.6. The first-order valence-electron chi connectivity index (χ1n) is 6.55. The summed E-state index contributed by atoms with van der Waals surface area (Å²) in [5.41, 5.74) is 0.479. The fraction of sp³-hybridized carbons (Fsp3) is 0.417. The van der Waals surface area contributed by atoms with Crippen molar-refractivity contribution in [1.82, 2.24) is 23.9 Å². The van der Waals surface area contributed by atoms with Crippen LogP contribution >= 0.6 is 0 Å². The average molecular weight is 291 g/mol. The Morgan fingerprint density at radius 3 is 3.10 bits per heavy atom. The summed E-state index contributed by atoms with van der Waals surface area (Å²) in [5, 5.41) is 19.0. The highest BCUT2D eigenvalue weighted by Gasteiger charge is 2.35. The van der Waals surface area contributed by atoms with E-state index in [1.54, 1.807) is 21.4 Å². The molecule has 9 nitrogen and oxygen atoms in total. The Kier molecular flexibility index (Phi) is 2.61. The van der Waals surface area contributed by atoms with Crippen LogP contribution in [-0.2, 0) is 4.74 Å². The van der Waals surface area contributed by atoms with Gasteiger partial charge in [0.2, 0.25) is 5.78 Å². The number of hydrogen-bond acceptors (Lipinski definition) is 6. The second-order valence-electron chi connectivity index (χ2n) is 5.01. The lowest BCUT2D eigenvalue weighted by molar-refractivity contribution is -0.0432. The van der Waals surface area contributed by atoms with E-state index in [-0.39, 0.29) is 17.7 Å². The number of ether oxygens (including phenoxy) is 1. The molecule has 110 valence electrons. The van der Waals surface area contributed by atoms with Gasteiger partial charge in [-0.15, -0.1) is 0 Å². The summed E-state index contributed by atoms with van der Waals surface area (Å²) in [7, 11) is 0. The summed E-state index contributed by atoms with van der Waals surface area (Å²) in [6, 6.07) is 0. The van der Waals surface area contributed by atoms with Crippen LogP contribution in [0.4, 0.5) is 0 Å². The minimum atomic E-state index is -0.752. The van der Waals surface area contributed by atoms with Gasteiger partial charge in [-0.05, 0) is 0 Å². The second kappa shape index (κ2) is 4.38. The molecule has 3 aromatic rings. The summed E-state index contributed by atoms with van der Waals surface area (Å²) >= 11 is 0. The molecule has 21 heavy (non-hydrogen) atoms. The second-order valence-corrected chi connectivity index (χ2v) is 5.01. The van der Waals surface area contributed by atoms with E-state index in [9.17, 15) is 9.90 Å². The molecule has 0 spiro atoms. The highest BCUT2D eigenvalue weighted by atomic mass is 16.5. The minimum Gasteiger partial charge on any atom is -0.394 e. The van der Waals surface area contributed by atoms with Gasteiger partial charge in [0.25, 0.3) is 5.56 Å². The molecule has 0 aliphatic carbocycles. The Hall–Kier alpha value is -2.23. The molecule has 0 amide bonds. The van der Waals surface area contributed by atoms with E-state index in [1.807, 2.05) is 0 Å². The van der Waals surface area contributed by atoms with Gasteiger partial charge in [0.1, 0.15) is 12.3 Å². The van der Waals surface area contributed by atoms with Gasteiger partial charge < -0.3 is 14.9 Å². The summed E-state index contributed by atoms with van der Waals surface area (Å²) in [6.45, 7) is -0.259. The Morgan fingerprint density at radius 2 is 2.33 bits per heavy atom. The van der Waals surface area contributed by atoms with E-state index < -0.39 is 18.4 Å². The van der Waals surface area contributed by atoms with E-state index in [0.717, 1.165) is 0 Å². The smallest absolute Gasteiger partial charge is 0.280 e. The third kappa shape index (κ3) is 1.71. The quantitative estimate of drug-likeness (QED) is 0.558. The lowest BCUT2D eigenvalue weighted by Gasteiger charge is -2.14. The Balaban J connectivity index is 1.92. The van der Waals surface area contributed by atoms with Crippen molar-refractivity contribution in [2.24, 2.45) is 0 Å². The number of aliphatic hydroxyl groups excluding tert-OH is 2. The molecule has 0 saturated carbocycles. The van der Waals surface area contributed by atoms with Crippen LogP contribution in [0.1, 0.15) is 12.6 Å². The number of imidazole rings is 2. The molecule has 3 aromatic heterocycles. The van der Waals surface area contributed by atoms with E-state index in [1.165, 1.54) is 6.33 Å². The number of aromatic amines is 1. The van der Waals surface area contributed by atoms with Crippen molar-refractivity contribution in [2.45, 2.75) is 24.9 Å². The van der Waals surface area contributed by atoms with Gasteiger partial charge >= 0.3 is 0 Å². The van der Waals surface area contributed by atoms with Gasteiger partial charge in [0, 0.05) is 18.8 Å². The number of hydrogen-bond donors (Lipinski definition) is 3. The van der Waals surface area contributed by atoms with Crippen LogP contribution in [0.15, 0.2) is 23.5 Å². The zero-order valence-electron chi connectivity index (χ0n) is 10.9. The summed E-state index contributed by atoms with van der Waals surface area (Å²) in [6.07, 6.45) is 3.22. The van der Waals surface area contributed by atoms with Gasteiger partial charge in [-0.2, -0.15) is 0 Å². The molecule has 0 radical (unpaired) electrons. The Morgan fingerprint density at radius 1 is 1.48 bits per heavy atom. The molecule has 0 unspecified atom stereocenters. The summed E-state index contributed by atoms with van der Waals surface area (Å²) in [4.78, 5) is 22.8. The molecule has 1 fully saturated rings. The van der Waals surface area contributed by atoms with Crippen LogP contribution in [0.25, 0.3) is 16.9 Å². The summed E-state index contributed by atoms with van der Waals surface area (Å²) in [5.74, 6) is 0.409. The molecule has 9 heteroatoms. The monoisotopic (exact) mass is 291 g/mol. The van der Waals surface area contributed by atoms with E-state index >= 15 is 0 Å². The molecule has 3 atom stereocenters. The highest BCUT2D eigenvalue weighted by Crippen LogP contribution is 2.30. The van der Waals surface area contributed by atoms with E-state index in [0.29, 0.717) is 17.8 Å². The van der Waals surface area contributed by atoms with Crippen molar-refractivity contribution in [2.75, 3.05) is 6.61 Å². The normalized spacial score (nSPS) is 26.1. The van der Waals surface area contributed by atoms with Crippen molar-refractivity contribution in [3.8, 4) is 0 Å². The SMILES string of the molecule is O=c1[nH]c2nccn2c2c1ncn2[C@H]1C[C@H](O)[C@@H](CO)O1. The van der Waals surface area contributed by atoms with Gasteiger partial charge in [0.05, 0.1) is 19.0 Å². The molecular formula is C12H13N5O4. The van der Waals surface area contributed by atoms with Crippen LogP contribution in [-0.4, -0.2) is 52.9 Å². The largest absolute Gasteiger partial charge is 0.394 e. The number of H-pyrrole nitrogens is 1. The minimum absolute atomic E-state index is 0.259. The topological polar surface area (TPSA) is 118 Å². The van der Waals surface area contributed by atoms with Crippen molar-refractivity contribution >= 4 is 16.9 Å². The predicted molar refractivity (Wildman–Crippen MR) is 70.7 cm³/mol. The third-order valence-corrected chi connectivity index (χ3v) is 3.77. The Labute approximate surface area is 117 Å². The van der Waals surface area contributed by atoms with Crippen molar-refractivity contribution in [3.05, 3.63) is 29.1 Å². The van der Waals surface area contributed by atoms with E-state index in [4.69, 9.17) is 9.84 Å². The fourth-order valence-electron chi connectivity index (χ4n) is 2.74. The first-order chi connectivity index (χ1) is 10.2. The Bertz CT molecular complexity index is 865. The predicted octanol–water partition coefficient (Wildman–Crippen LogP) is -0.987. The zero-order valence-corrected chi connectivity index (χ0v) is 10.9. The van der Waals surface area contributed by atoms with Crippen molar-refractivity contribution in [3.63, 3.8) is 0 Å². The van der Waals surface area contributed by atoms with Gasteiger partial charge in [-0.25, -0.2) is 9.97 Å². The molecule has 1 saturated heterocycles. The lowest BCUT2D eigenvalue weighted by atomic mass is 10.2. The van der Waals surface area contributed by atoms with E-state index in [2.05, 4.69) is 15.0 Å². The molecule has 1 aliphatic heterocycles. The van der Waals surface area contributed by atoms with Crippen LogP contribution < -0.4 is 5.56 Å². The lowest BCUT2D eigenvalue weighted by Crippen LogP contribution is -2.24. The van der Waals surface area contributed by atoms with Crippen LogP contribution in [0.3, 0.4) is 0 Å². The standard InChI is InChI=1S/C12H13N5O4/c18-4-7-6(19)3-8(21-7)17-5-14-9-10(20)15-12-13-1-2-16(12)11(9)17/h1-2,5-8,18-19H,3-4H2,(H,13,15,20)/t6-,7+,8+/m0/s1. The number of nitrogens with one attached hydrogen (secondary N) is 1. The van der Waals surface area contributed by atoms with Crippen molar-refractivity contribution in [1.29, 1.82) is 0 Å². The van der Waals surface area contributed by atoms with Gasteiger partial charge in [0.15, 0.2) is 11.2 Å². The number of rotatable bonds is 2. The maximum atomic E-state index is 12.0. The van der Waals surface area contributed by atoms with Crippen LogP contribution in [0.2, 0.25) is 0 Å². The van der Waals surface area contributed by atoms with Crippen LogP contribution in [0, 0.1) is 0 Å². The maximum Gasteiger partial charge on any atom is 0.280 e. The average Bonchev–Trinajstić information content (AvgIpc) is 3.14. The highest BCUT2D eigenvalue weighted by molar-refractivity contribution is 5.72. The molecule has 4 rings (SSSR count). The molecule has 4 heterocycles. The van der Waals surface area contributed by atoms with Gasteiger partial charge in [-0.3, -0.25) is 18.7 Å². The molecule has 3 N–H and O–H groups in total. The first kappa shape index (κ1) is 12.5. The summed E-state index contributed by atoms with van der Waals surface area (Å²) < 4.78 is 9.00. The maximum absolute atomic E-state index is 12.0.